The highest BCUT2D eigenvalue weighted by Gasteiger charge is 2.46. The van der Waals surface area contributed by atoms with Crippen molar-refractivity contribution in [1.82, 2.24) is 0 Å². The second-order valence-electron chi connectivity index (χ2n) is 16.8. The minimum atomic E-state index is -0.497. The summed E-state index contributed by atoms with van der Waals surface area (Å²) in [6.07, 6.45) is 0. The van der Waals surface area contributed by atoms with E-state index in [4.69, 9.17) is 4.42 Å². The second-order valence-corrected chi connectivity index (χ2v) is 16.8. The zero-order valence-electron chi connectivity index (χ0n) is 33.6. The lowest BCUT2D eigenvalue weighted by Crippen LogP contribution is -2.28. The third-order valence-corrected chi connectivity index (χ3v) is 13.3. The lowest BCUT2D eigenvalue weighted by atomic mass is 9.67. The van der Waals surface area contributed by atoms with Crippen molar-refractivity contribution in [2.75, 3.05) is 4.90 Å². The Labute approximate surface area is 350 Å². The quantitative estimate of drug-likeness (QED) is 0.168. The first-order valence-corrected chi connectivity index (χ1v) is 20.9. The van der Waals surface area contributed by atoms with Crippen LogP contribution in [-0.2, 0) is 10.8 Å². The van der Waals surface area contributed by atoms with Crippen LogP contribution in [0.3, 0.4) is 0 Å². The van der Waals surface area contributed by atoms with Gasteiger partial charge in [-0.05, 0) is 110 Å². The fourth-order valence-corrected chi connectivity index (χ4v) is 10.7. The summed E-state index contributed by atoms with van der Waals surface area (Å²) in [5.41, 5.74) is 19.7. The molecular formula is C58H41NO. The average molecular weight is 768 g/mol. The first kappa shape index (κ1) is 34.6. The van der Waals surface area contributed by atoms with Crippen molar-refractivity contribution in [3.63, 3.8) is 0 Å². The van der Waals surface area contributed by atoms with Gasteiger partial charge >= 0.3 is 0 Å². The Balaban J connectivity index is 1.09. The topological polar surface area (TPSA) is 16.4 Å². The summed E-state index contributed by atoms with van der Waals surface area (Å²) in [5.74, 6) is 0. The first-order valence-electron chi connectivity index (χ1n) is 20.9. The number of fused-ring (bicyclic) bond motifs is 9. The van der Waals surface area contributed by atoms with Crippen molar-refractivity contribution in [1.29, 1.82) is 0 Å². The number of nitrogens with zero attached hydrogens (tertiary/aromatic N) is 1. The fourth-order valence-electron chi connectivity index (χ4n) is 10.7. The molecule has 60 heavy (non-hydrogen) atoms. The van der Waals surface area contributed by atoms with Gasteiger partial charge in [-0.2, -0.15) is 0 Å². The second kappa shape index (κ2) is 13.0. The number of furan rings is 1. The predicted octanol–water partition coefficient (Wildman–Crippen LogP) is 15.4. The van der Waals surface area contributed by atoms with E-state index in [9.17, 15) is 0 Å². The molecule has 284 valence electrons. The van der Waals surface area contributed by atoms with Crippen LogP contribution in [-0.4, -0.2) is 0 Å². The molecule has 9 aromatic carbocycles. The molecule has 0 bridgehead atoms. The Hall–Kier alpha value is -7.42. The van der Waals surface area contributed by atoms with Gasteiger partial charge in [-0.15, -0.1) is 0 Å². The minimum Gasteiger partial charge on any atom is -0.456 e. The highest BCUT2D eigenvalue weighted by atomic mass is 16.3. The van der Waals surface area contributed by atoms with E-state index in [-0.39, 0.29) is 5.41 Å². The fraction of sp³-hybridized carbons (Fsp3) is 0.0690. The standard InChI is InChI=1S/C58H41NO/c1-57(2)49-35-42(32-34-46(49)55-51(57)37-53-56(47-28-16-18-30-52(47)60-53)54(55)38-19-7-3-8-20-38)59(41-25-13-6-14-26-41)43-31-33-45-44-27-15-17-29-48(44)58(50(45)36-43,39-21-9-4-10-22-39)40-23-11-5-12-24-40/h3-37H,1-2H3. The monoisotopic (exact) mass is 767 g/mol. The molecule has 1 heterocycles. The molecule has 0 saturated heterocycles. The van der Waals surface area contributed by atoms with E-state index >= 15 is 0 Å². The van der Waals surface area contributed by atoms with E-state index in [1.54, 1.807) is 0 Å². The molecule has 0 unspecified atom stereocenters. The summed E-state index contributed by atoms with van der Waals surface area (Å²) in [6.45, 7) is 4.75. The first-order chi connectivity index (χ1) is 29.5. The van der Waals surface area contributed by atoms with Gasteiger partial charge < -0.3 is 9.32 Å². The van der Waals surface area contributed by atoms with Gasteiger partial charge in [-0.1, -0.05) is 178 Å². The van der Waals surface area contributed by atoms with Crippen LogP contribution in [0.25, 0.3) is 55.3 Å². The molecule has 0 fully saturated rings. The van der Waals surface area contributed by atoms with Gasteiger partial charge in [0.05, 0.1) is 5.41 Å². The van der Waals surface area contributed by atoms with Gasteiger partial charge in [-0.25, -0.2) is 0 Å². The summed E-state index contributed by atoms with van der Waals surface area (Å²) in [4.78, 5) is 2.45. The van der Waals surface area contributed by atoms with E-state index in [1.165, 1.54) is 72.1 Å². The minimum absolute atomic E-state index is 0.297. The molecule has 10 aromatic rings. The van der Waals surface area contributed by atoms with E-state index in [1.807, 2.05) is 0 Å². The number of benzene rings is 9. The number of anilines is 3. The highest BCUT2D eigenvalue weighted by Crippen LogP contribution is 2.59. The molecule has 0 spiro atoms. The number of rotatable bonds is 6. The molecule has 2 nitrogen and oxygen atoms in total. The maximum atomic E-state index is 6.64. The van der Waals surface area contributed by atoms with Crippen LogP contribution in [0, 0.1) is 0 Å². The molecule has 0 saturated carbocycles. The lowest BCUT2D eigenvalue weighted by molar-refractivity contribution is 0.647. The lowest BCUT2D eigenvalue weighted by Gasteiger charge is -2.35. The molecule has 0 aliphatic heterocycles. The molecular weight excluding hydrogens is 727 g/mol. The van der Waals surface area contributed by atoms with Crippen molar-refractivity contribution in [3.8, 4) is 33.4 Å². The molecule has 12 rings (SSSR count). The summed E-state index contributed by atoms with van der Waals surface area (Å²) in [7, 11) is 0. The van der Waals surface area contributed by atoms with Gasteiger partial charge in [0.2, 0.25) is 0 Å². The molecule has 0 atom stereocenters. The Kier molecular flexibility index (Phi) is 7.52. The predicted molar refractivity (Wildman–Crippen MR) is 249 cm³/mol. The number of hydrogen-bond acceptors (Lipinski definition) is 2. The molecule has 0 radical (unpaired) electrons. The van der Waals surface area contributed by atoms with Crippen LogP contribution in [0.4, 0.5) is 17.1 Å². The summed E-state index contributed by atoms with van der Waals surface area (Å²) in [5, 5.41) is 2.32. The molecule has 0 amide bonds. The maximum absolute atomic E-state index is 6.64. The van der Waals surface area contributed by atoms with Gasteiger partial charge in [0.15, 0.2) is 0 Å². The third kappa shape index (κ3) is 4.82. The zero-order valence-corrected chi connectivity index (χ0v) is 33.6. The van der Waals surface area contributed by atoms with Crippen molar-refractivity contribution in [3.05, 3.63) is 246 Å². The third-order valence-electron chi connectivity index (χ3n) is 13.3. The highest BCUT2D eigenvalue weighted by molar-refractivity contribution is 6.17. The van der Waals surface area contributed by atoms with E-state index in [2.05, 4.69) is 231 Å². The van der Waals surface area contributed by atoms with Crippen molar-refractivity contribution < 1.29 is 4.42 Å². The maximum Gasteiger partial charge on any atom is 0.136 e. The van der Waals surface area contributed by atoms with Crippen LogP contribution in [0.15, 0.2) is 217 Å². The Morgan fingerprint density at radius 1 is 0.383 bits per heavy atom. The molecule has 2 aliphatic carbocycles. The van der Waals surface area contributed by atoms with E-state index < -0.39 is 5.41 Å². The van der Waals surface area contributed by atoms with Crippen molar-refractivity contribution >= 4 is 39.0 Å². The van der Waals surface area contributed by atoms with Gasteiger partial charge in [-0.3, -0.25) is 0 Å². The van der Waals surface area contributed by atoms with Crippen LogP contribution in [0.2, 0.25) is 0 Å². The van der Waals surface area contributed by atoms with Crippen LogP contribution < -0.4 is 4.90 Å². The molecule has 2 aliphatic rings. The summed E-state index contributed by atoms with van der Waals surface area (Å²) in [6, 6.07) is 77.8. The number of para-hydroxylation sites is 2. The van der Waals surface area contributed by atoms with Gasteiger partial charge in [0.25, 0.3) is 0 Å². The Bertz CT molecular complexity index is 3230. The normalized spacial score (nSPS) is 14.1. The summed E-state index contributed by atoms with van der Waals surface area (Å²) < 4.78 is 6.64. The van der Waals surface area contributed by atoms with E-state index in [0.717, 1.165) is 33.6 Å². The zero-order chi connectivity index (χ0) is 40.0. The smallest absolute Gasteiger partial charge is 0.136 e. The molecule has 0 N–H and O–H groups in total. The molecule has 1 aromatic heterocycles. The van der Waals surface area contributed by atoms with Crippen molar-refractivity contribution in [2.24, 2.45) is 0 Å². The Morgan fingerprint density at radius 3 is 1.63 bits per heavy atom. The molecule has 2 heteroatoms. The number of hydrogen-bond donors (Lipinski definition) is 0. The SMILES string of the molecule is CC1(C)c2cc(N(c3ccccc3)c3ccc4c(c3)C(c3ccccc3)(c3ccccc3)c3ccccc3-4)ccc2-c2c1cc1oc3ccccc3c1c2-c1ccccc1. The average Bonchev–Trinajstić information content (AvgIpc) is 3.90. The van der Waals surface area contributed by atoms with Crippen molar-refractivity contribution in [2.45, 2.75) is 24.7 Å². The van der Waals surface area contributed by atoms with Crippen LogP contribution in [0.1, 0.15) is 47.2 Å². The van der Waals surface area contributed by atoms with Gasteiger partial charge in [0.1, 0.15) is 11.2 Å². The summed E-state index contributed by atoms with van der Waals surface area (Å²) >= 11 is 0. The van der Waals surface area contributed by atoms with E-state index in [0.29, 0.717) is 0 Å². The van der Waals surface area contributed by atoms with Gasteiger partial charge in [0, 0.05) is 38.8 Å². The largest absolute Gasteiger partial charge is 0.456 e. The van der Waals surface area contributed by atoms with Crippen LogP contribution >= 0.6 is 0 Å². The Morgan fingerprint density at radius 2 is 0.933 bits per heavy atom. The van der Waals surface area contributed by atoms with Crippen LogP contribution in [0.5, 0.6) is 0 Å².